The summed E-state index contributed by atoms with van der Waals surface area (Å²) in [5.74, 6) is 2.93. The van der Waals surface area contributed by atoms with E-state index in [0.29, 0.717) is 30.4 Å². The normalized spacial score (nSPS) is 23.0. The third kappa shape index (κ3) is 5.94. The summed E-state index contributed by atoms with van der Waals surface area (Å²) in [4.78, 5) is 26.6. The number of aryl methyl sites for hydroxylation is 1. The third-order valence-corrected chi connectivity index (χ3v) is 9.44. The highest BCUT2D eigenvalue weighted by molar-refractivity contribution is 7.10. The van der Waals surface area contributed by atoms with Gasteiger partial charge in [0.1, 0.15) is 11.6 Å². The second kappa shape index (κ2) is 11.2. The highest BCUT2D eigenvalue weighted by Crippen LogP contribution is 2.49. The summed E-state index contributed by atoms with van der Waals surface area (Å²) in [7, 11) is 0. The lowest BCUT2D eigenvalue weighted by molar-refractivity contribution is -0.133. The molecule has 1 N–H and O–H groups in total. The van der Waals surface area contributed by atoms with Crippen LogP contribution < -0.4 is 9.64 Å². The van der Waals surface area contributed by atoms with Crippen molar-refractivity contribution in [1.82, 2.24) is 14.9 Å². The number of anilines is 1. The number of carbonyl (C=O) groups is 1. The maximum absolute atomic E-state index is 14.8. The Kier molecular flexibility index (Phi) is 7.53. The monoisotopic (exact) mass is 550 g/mol. The van der Waals surface area contributed by atoms with Crippen molar-refractivity contribution in [2.75, 3.05) is 31.1 Å². The van der Waals surface area contributed by atoms with Crippen LogP contribution in [-0.4, -0.2) is 52.1 Å². The summed E-state index contributed by atoms with van der Waals surface area (Å²) in [5, 5.41) is 12.2. The van der Waals surface area contributed by atoms with Gasteiger partial charge in [-0.3, -0.25) is 4.79 Å². The predicted octanol–water partition coefficient (Wildman–Crippen LogP) is 4.93. The van der Waals surface area contributed by atoms with Crippen LogP contribution in [0.15, 0.2) is 42.0 Å². The van der Waals surface area contributed by atoms with Crippen LogP contribution >= 0.6 is 11.3 Å². The van der Waals surface area contributed by atoms with E-state index in [1.165, 1.54) is 36.7 Å². The number of amides is 1. The first-order chi connectivity index (χ1) is 18.9. The van der Waals surface area contributed by atoms with E-state index in [1.807, 2.05) is 30.8 Å². The fourth-order valence-electron chi connectivity index (χ4n) is 6.13. The number of ether oxygens (including phenoxy) is 1. The average Bonchev–Trinajstić information content (AvgIpc) is 3.54. The van der Waals surface area contributed by atoms with Crippen molar-refractivity contribution in [2.45, 2.75) is 51.7 Å². The molecule has 3 atom stereocenters. The zero-order valence-corrected chi connectivity index (χ0v) is 23.1. The molecule has 7 nitrogen and oxygen atoms in total. The van der Waals surface area contributed by atoms with Crippen molar-refractivity contribution in [2.24, 2.45) is 17.8 Å². The number of halogens is 1. The molecule has 0 bridgehead atoms. The lowest BCUT2D eigenvalue weighted by Gasteiger charge is -2.32. The summed E-state index contributed by atoms with van der Waals surface area (Å²) in [6, 6.07) is 6.69. The number of hydrogen-bond acceptors (Lipinski definition) is 7. The zero-order chi connectivity index (χ0) is 26.9. The van der Waals surface area contributed by atoms with Crippen LogP contribution in [0.4, 0.5) is 10.3 Å². The molecule has 39 heavy (non-hydrogen) atoms. The molecule has 2 aliphatic heterocycles. The van der Waals surface area contributed by atoms with Crippen LogP contribution in [0, 0.1) is 30.5 Å². The van der Waals surface area contributed by atoms with E-state index in [-0.39, 0.29) is 18.9 Å². The van der Waals surface area contributed by atoms with Gasteiger partial charge >= 0.3 is 0 Å². The van der Waals surface area contributed by atoms with Crippen molar-refractivity contribution in [1.29, 1.82) is 0 Å². The first-order valence-corrected chi connectivity index (χ1v) is 14.8. The molecule has 0 radical (unpaired) electrons. The standard InChI is InChI=1S/C30H35FN4O3S/c1-19-15-32-30(33-16-19)34-8-4-20(5-9-34)25-12-21(25)6-10-38-23-3-2-22(26(31)14-23)13-29(37)35-17-27(36)24-7-11-39-28(24)18-35/h2-3,7,11,14-16,20-21,25,27,36H,4-6,8-10,12-13,17-18H2,1H3/t21-,25?,27?/m1/s1. The molecule has 6 rings (SSSR count). The first kappa shape index (κ1) is 26.2. The Labute approximate surface area is 232 Å². The first-order valence-electron chi connectivity index (χ1n) is 13.9. The van der Waals surface area contributed by atoms with E-state index >= 15 is 0 Å². The van der Waals surface area contributed by atoms with Gasteiger partial charge in [-0.05, 0) is 84.6 Å². The molecule has 9 heteroatoms. The molecule has 1 amide bonds. The van der Waals surface area contributed by atoms with Crippen LogP contribution in [0.2, 0.25) is 0 Å². The number of β-amino-alcohol motifs (C(OH)–C–C–N with tert-alkyl or cyclic N) is 1. The van der Waals surface area contributed by atoms with Gasteiger partial charge < -0.3 is 19.6 Å². The van der Waals surface area contributed by atoms with Crippen molar-refractivity contribution in [3.63, 3.8) is 0 Å². The maximum Gasteiger partial charge on any atom is 0.227 e. The number of aromatic nitrogens is 2. The lowest BCUT2D eigenvalue weighted by Crippen LogP contribution is -2.38. The fourth-order valence-corrected chi connectivity index (χ4v) is 7.08. The molecule has 0 spiro atoms. The van der Waals surface area contributed by atoms with Crippen LogP contribution in [-0.2, 0) is 17.8 Å². The minimum atomic E-state index is -0.684. The Morgan fingerprint density at radius 3 is 2.77 bits per heavy atom. The van der Waals surface area contributed by atoms with Gasteiger partial charge in [0, 0.05) is 36.4 Å². The highest BCUT2D eigenvalue weighted by Gasteiger charge is 2.43. The second-order valence-electron chi connectivity index (χ2n) is 11.2. The van der Waals surface area contributed by atoms with Crippen molar-refractivity contribution in [3.05, 3.63) is 69.4 Å². The number of thiophene rings is 1. The fraction of sp³-hybridized carbons (Fsp3) is 0.500. The molecule has 3 aromatic rings. The molecule has 1 aromatic carbocycles. The second-order valence-corrected chi connectivity index (χ2v) is 12.2. The van der Waals surface area contributed by atoms with Crippen LogP contribution in [0.1, 0.15) is 53.4 Å². The van der Waals surface area contributed by atoms with Crippen LogP contribution in [0.3, 0.4) is 0 Å². The summed E-state index contributed by atoms with van der Waals surface area (Å²) >= 11 is 1.53. The number of hydrogen-bond donors (Lipinski definition) is 1. The Bertz CT molecular complexity index is 1310. The largest absolute Gasteiger partial charge is 0.493 e. The SMILES string of the molecule is Cc1cnc(N2CCC(C3C[C@H]3CCOc3ccc(CC(=O)N4Cc5sccc5C(O)C4)c(F)c3)CC2)nc1. The van der Waals surface area contributed by atoms with Gasteiger partial charge in [-0.1, -0.05) is 6.07 Å². The van der Waals surface area contributed by atoms with E-state index in [4.69, 9.17) is 4.74 Å². The van der Waals surface area contributed by atoms with Gasteiger partial charge in [0.15, 0.2) is 0 Å². The molecule has 2 fully saturated rings. The van der Waals surface area contributed by atoms with Crippen LogP contribution in [0.5, 0.6) is 5.75 Å². The highest BCUT2D eigenvalue weighted by atomic mass is 32.1. The number of fused-ring (bicyclic) bond motifs is 1. The number of nitrogens with zero attached hydrogens (tertiary/aromatic N) is 4. The topological polar surface area (TPSA) is 78.8 Å². The predicted molar refractivity (Wildman–Crippen MR) is 148 cm³/mol. The number of carbonyl (C=O) groups excluding carboxylic acids is 1. The van der Waals surface area contributed by atoms with E-state index in [0.717, 1.165) is 53.3 Å². The maximum atomic E-state index is 14.8. The number of rotatable bonds is 8. The molecule has 1 aliphatic carbocycles. The molecule has 2 aromatic heterocycles. The van der Waals surface area contributed by atoms with E-state index in [9.17, 15) is 14.3 Å². The Hall–Kier alpha value is -3.04. The summed E-state index contributed by atoms with van der Waals surface area (Å²) < 4.78 is 20.7. The zero-order valence-electron chi connectivity index (χ0n) is 22.3. The minimum Gasteiger partial charge on any atom is -0.493 e. The van der Waals surface area contributed by atoms with Gasteiger partial charge in [0.05, 0.1) is 32.2 Å². The Morgan fingerprint density at radius 1 is 1.21 bits per heavy atom. The number of piperidine rings is 1. The molecule has 1 saturated carbocycles. The lowest BCUT2D eigenvalue weighted by atomic mass is 9.90. The number of aliphatic hydroxyl groups is 1. The number of benzene rings is 1. The third-order valence-electron chi connectivity index (χ3n) is 8.52. The molecule has 3 aliphatic rings. The molecule has 206 valence electrons. The van der Waals surface area contributed by atoms with Crippen LogP contribution in [0.25, 0.3) is 0 Å². The van der Waals surface area contributed by atoms with Gasteiger partial charge in [-0.25, -0.2) is 14.4 Å². The van der Waals surface area contributed by atoms with Crippen molar-refractivity contribution >= 4 is 23.2 Å². The van der Waals surface area contributed by atoms with Gasteiger partial charge in [0.25, 0.3) is 0 Å². The van der Waals surface area contributed by atoms with Gasteiger partial charge in [-0.2, -0.15) is 0 Å². The Balaban J connectivity index is 0.929. The molecule has 2 unspecified atom stereocenters. The molecular weight excluding hydrogens is 515 g/mol. The van der Waals surface area contributed by atoms with Crippen molar-refractivity contribution < 1.29 is 19.0 Å². The molecule has 4 heterocycles. The van der Waals surface area contributed by atoms with E-state index < -0.39 is 11.9 Å². The molecular formula is C30H35FN4O3S. The summed E-state index contributed by atoms with van der Waals surface area (Å²) in [6.07, 6.45) is 7.63. The van der Waals surface area contributed by atoms with Crippen molar-refractivity contribution in [3.8, 4) is 5.75 Å². The minimum absolute atomic E-state index is 0.0296. The Morgan fingerprint density at radius 2 is 2.00 bits per heavy atom. The summed E-state index contributed by atoms with van der Waals surface area (Å²) in [5.41, 5.74) is 2.33. The molecule has 1 saturated heterocycles. The van der Waals surface area contributed by atoms with Gasteiger partial charge in [-0.15, -0.1) is 11.3 Å². The summed E-state index contributed by atoms with van der Waals surface area (Å²) in [6.45, 7) is 5.31. The number of aliphatic hydroxyl groups excluding tert-OH is 1. The van der Waals surface area contributed by atoms with E-state index in [2.05, 4.69) is 14.9 Å². The van der Waals surface area contributed by atoms with E-state index in [1.54, 1.807) is 17.0 Å². The van der Waals surface area contributed by atoms with Gasteiger partial charge in [0.2, 0.25) is 11.9 Å². The average molecular weight is 551 g/mol. The smallest absolute Gasteiger partial charge is 0.227 e. The quantitative estimate of drug-likeness (QED) is 0.429.